The highest BCUT2D eigenvalue weighted by Crippen LogP contribution is 1.98. The quantitative estimate of drug-likeness (QED) is 0.610. The first-order chi connectivity index (χ1) is 4.45. The minimum absolute atomic E-state index is 0.165. The summed E-state index contributed by atoms with van der Waals surface area (Å²) in [5.41, 5.74) is 1.31. The summed E-state index contributed by atoms with van der Waals surface area (Å²) >= 11 is 0. The SMILES string of the molecule is CN/C(C)=C/NC(C)(C)C. The van der Waals surface area contributed by atoms with Crippen molar-refractivity contribution in [3.8, 4) is 0 Å². The summed E-state index contributed by atoms with van der Waals surface area (Å²) in [6.07, 6.45) is 1.99. The van der Waals surface area contributed by atoms with E-state index < -0.39 is 0 Å². The Hall–Kier alpha value is -0.660. The summed E-state index contributed by atoms with van der Waals surface area (Å²) < 4.78 is 0. The van der Waals surface area contributed by atoms with Gasteiger partial charge in [-0.2, -0.15) is 0 Å². The maximum absolute atomic E-state index is 3.25. The molecule has 0 atom stereocenters. The molecule has 0 aromatic carbocycles. The van der Waals surface area contributed by atoms with Crippen LogP contribution in [0.5, 0.6) is 0 Å². The molecule has 0 fully saturated rings. The summed E-state index contributed by atoms with van der Waals surface area (Å²) in [6, 6.07) is 0. The van der Waals surface area contributed by atoms with Crippen LogP contribution in [0.3, 0.4) is 0 Å². The number of allylic oxidation sites excluding steroid dienone is 1. The molecule has 0 aliphatic rings. The van der Waals surface area contributed by atoms with Crippen molar-refractivity contribution in [2.24, 2.45) is 0 Å². The van der Waals surface area contributed by atoms with E-state index in [0.717, 1.165) is 5.70 Å². The molecule has 0 heterocycles. The zero-order valence-corrected chi connectivity index (χ0v) is 7.58. The number of nitrogens with one attached hydrogen (secondary N) is 2. The van der Waals surface area contributed by atoms with Crippen molar-refractivity contribution in [3.63, 3.8) is 0 Å². The molecule has 60 valence electrons. The second-order valence-corrected chi connectivity index (χ2v) is 3.47. The molecule has 0 bridgehead atoms. The summed E-state index contributed by atoms with van der Waals surface area (Å²) in [4.78, 5) is 0. The standard InChI is InChI=1S/C8H18N2/c1-7(9-5)6-10-8(2,3)4/h6,9-10H,1-5H3/b7-6+. The van der Waals surface area contributed by atoms with Gasteiger partial charge in [0.1, 0.15) is 0 Å². The maximum Gasteiger partial charge on any atom is 0.0284 e. The van der Waals surface area contributed by atoms with Crippen molar-refractivity contribution in [2.45, 2.75) is 33.2 Å². The van der Waals surface area contributed by atoms with E-state index >= 15 is 0 Å². The van der Waals surface area contributed by atoms with Crippen molar-refractivity contribution in [1.82, 2.24) is 10.6 Å². The van der Waals surface area contributed by atoms with Gasteiger partial charge in [-0.05, 0) is 27.7 Å². The normalized spacial score (nSPS) is 13.1. The Bertz CT molecular complexity index is 120. The average Bonchev–Trinajstić information content (AvgIpc) is 1.81. The van der Waals surface area contributed by atoms with Gasteiger partial charge in [0, 0.05) is 24.5 Å². The van der Waals surface area contributed by atoms with Gasteiger partial charge in [0.25, 0.3) is 0 Å². The summed E-state index contributed by atoms with van der Waals surface area (Å²) in [5.74, 6) is 0. The van der Waals surface area contributed by atoms with Crippen LogP contribution in [0.1, 0.15) is 27.7 Å². The van der Waals surface area contributed by atoms with E-state index in [-0.39, 0.29) is 5.54 Å². The molecule has 0 saturated heterocycles. The highest BCUT2D eigenvalue weighted by Gasteiger charge is 2.04. The van der Waals surface area contributed by atoms with E-state index in [4.69, 9.17) is 0 Å². The van der Waals surface area contributed by atoms with Crippen LogP contribution >= 0.6 is 0 Å². The van der Waals surface area contributed by atoms with Crippen molar-refractivity contribution < 1.29 is 0 Å². The van der Waals surface area contributed by atoms with E-state index in [2.05, 4.69) is 31.4 Å². The fraction of sp³-hybridized carbons (Fsp3) is 0.750. The molecule has 0 amide bonds. The molecule has 2 nitrogen and oxygen atoms in total. The summed E-state index contributed by atoms with van der Waals surface area (Å²) in [5, 5.41) is 6.28. The Morgan fingerprint density at radius 2 is 1.80 bits per heavy atom. The van der Waals surface area contributed by atoms with Crippen molar-refractivity contribution >= 4 is 0 Å². The molecule has 0 rings (SSSR count). The van der Waals surface area contributed by atoms with Crippen LogP contribution in [0.2, 0.25) is 0 Å². The predicted molar refractivity (Wildman–Crippen MR) is 45.7 cm³/mol. The van der Waals surface area contributed by atoms with Gasteiger partial charge in [-0.1, -0.05) is 0 Å². The summed E-state index contributed by atoms with van der Waals surface area (Å²) in [6.45, 7) is 8.42. The molecule has 0 spiro atoms. The lowest BCUT2D eigenvalue weighted by molar-refractivity contribution is 0.488. The number of hydrogen-bond acceptors (Lipinski definition) is 2. The highest BCUT2D eigenvalue weighted by atomic mass is 15.0. The van der Waals surface area contributed by atoms with Crippen LogP contribution in [0.4, 0.5) is 0 Å². The third-order valence-electron chi connectivity index (χ3n) is 1.12. The lowest BCUT2D eigenvalue weighted by atomic mass is 10.1. The molecule has 0 unspecified atom stereocenters. The van der Waals surface area contributed by atoms with Gasteiger partial charge in [0.15, 0.2) is 0 Å². The first-order valence-corrected chi connectivity index (χ1v) is 3.58. The zero-order chi connectivity index (χ0) is 8.20. The predicted octanol–water partition coefficient (Wildman–Crippen LogP) is 1.46. The van der Waals surface area contributed by atoms with Crippen LogP contribution < -0.4 is 10.6 Å². The largest absolute Gasteiger partial charge is 0.390 e. The minimum atomic E-state index is 0.165. The van der Waals surface area contributed by atoms with Crippen molar-refractivity contribution in [3.05, 3.63) is 11.9 Å². The van der Waals surface area contributed by atoms with Gasteiger partial charge in [0.2, 0.25) is 0 Å². The van der Waals surface area contributed by atoms with Gasteiger partial charge in [-0.15, -0.1) is 0 Å². The van der Waals surface area contributed by atoms with E-state index in [1.165, 1.54) is 0 Å². The van der Waals surface area contributed by atoms with Gasteiger partial charge in [-0.3, -0.25) is 0 Å². The van der Waals surface area contributed by atoms with Gasteiger partial charge < -0.3 is 10.6 Å². The lowest BCUT2D eigenvalue weighted by Gasteiger charge is -2.19. The molecule has 0 aliphatic carbocycles. The second kappa shape index (κ2) is 3.49. The van der Waals surface area contributed by atoms with Crippen LogP contribution in [-0.2, 0) is 0 Å². The first kappa shape index (κ1) is 9.34. The van der Waals surface area contributed by atoms with Gasteiger partial charge in [-0.25, -0.2) is 0 Å². The van der Waals surface area contributed by atoms with Crippen molar-refractivity contribution in [2.75, 3.05) is 7.05 Å². The summed E-state index contributed by atoms with van der Waals surface area (Å²) in [7, 11) is 1.91. The lowest BCUT2D eigenvalue weighted by Crippen LogP contribution is -2.32. The average molecular weight is 142 g/mol. The Morgan fingerprint density at radius 3 is 2.10 bits per heavy atom. The Balaban J connectivity index is 3.73. The van der Waals surface area contributed by atoms with E-state index in [1.807, 2.05) is 20.2 Å². The Labute approximate surface area is 63.7 Å². The van der Waals surface area contributed by atoms with E-state index in [0.29, 0.717) is 0 Å². The fourth-order valence-electron chi connectivity index (χ4n) is 0.397. The third-order valence-corrected chi connectivity index (χ3v) is 1.12. The minimum Gasteiger partial charge on any atom is -0.390 e. The molecule has 0 saturated carbocycles. The van der Waals surface area contributed by atoms with Crippen LogP contribution in [0.15, 0.2) is 11.9 Å². The van der Waals surface area contributed by atoms with E-state index in [9.17, 15) is 0 Å². The molecule has 0 aromatic heterocycles. The molecule has 10 heavy (non-hydrogen) atoms. The molecular formula is C8H18N2. The fourth-order valence-corrected chi connectivity index (χ4v) is 0.397. The molecule has 2 heteroatoms. The molecule has 2 N–H and O–H groups in total. The highest BCUT2D eigenvalue weighted by molar-refractivity contribution is 4.95. The van der Waals surface area contributed by atoms with Crippen LogP contribution in [-0.4, -0.2) is 12.6 Å². The van der Waals surface area contributed by atoms with Crippen molar-refractivity contribution in [1.29, 1.82) is 0 Å². The molecule has 0 radical (unpaired) electrons. The van der Waals surface area contributed by atoms with E-state index in [1.54, 1.807) is 0 Å². The van der Waals surface area contributed by atoms with Crippen LogP contribution in [0.25, 0.3) is 0 Å². The molecule has 0 aliphatic heterocycles. The topological polar surface area (TPSA) is 24.1 Å². The molecule has 0 aromatic rings. The van der Waals surface area contributed by atoms with Gasteiger partial charge >= 0.3 is 0 Å². The second-order valence-electron chi connectivity index (χ2n) is 3.47. The number of rotatable bonds is 2. The number of hydrogen-bond donors (Lipinski definition) is 2. The third kappa shape index (κ3) is 5.48. The first-order valence-electron chi connectivity index (χ1n) is 3.58. The van der Waals surface area contributed by atoms with Crippen LogP contribution in [0, 0.1) is 0 Å². The maximum atomic E-state index is 3.25. The Kier molecular flexibility index (Phi) is 3.26. The monoisotopic (exact) mass is 142 g/mol. The molecular weight excluding hydrogens is 124 g/mol. The zero-order valence-electron chi connectivity index (χ0n) is 7.58. The smallest absolute Gasteiger partial charge is 0.0284 e. The Morgan fingerprint density at radius 1 is 1.30 bits per heavy atom. The van der Waals surface area contributed by atoms with Gasteiger partial charge in [0.05, 0.1) is 0 Å².